The Morgan fingerprint density at radius 3 is 2.37 bits per heavy atom. The average Bonchev–Trinajstić information content (AvgIpc) is 2.64. The van der Waals surface area contributed by atoms with E-state index in [-0.39, 0.29) is 17.3 Å². The van der Waals surface area contributed by atoms with Crippen molar-refractivity contribution in [2.45, 2.75) is 20.3 Å². The quantitative estimate of drug-likeness (QED) is 0.437. The zero-order valence-corrected chi connectivity index (χ0v) is 15.6. The second-order valence-electron chi connectivity index (χ2n) is 5.90. The third kappa shape index (κ3) is 4.15. The van der Waals surface area contributed by atoms with E-state index in [2.05, 4.69) is 20.6 Å². The highest BCUT2D eigenvalue weighted by atomic mass is 35.5. The first-order valence-corrected chi connectivity index (χ1v) is 8.75. The molecule has 27 heavy (non-hydrogen) atoms. The highest BCUT2D eigenvalue weighted by molar-refractivity contribution is 6.30. The number of rotatable bonds is 6. The molecule has 3 rings (SSSR count). The van der Waals surface area contributed by atoms with Crippen LogP contribution in [0.4, 0.5) is 28.7 Å². The molecule has 1 heterocycles. The number of aromatic nitrogens is 2. The molecule has 2 N–H and O–H groups in total. The Labute approximate surface area is 161 Å². The molecule has 0 spiro atoms. The largest absolute Gasteiger partial charge is 0.353 e. The summed E-state index contributed by atoms with van der Waals surface area (Å²) in [5.74, 6) is 0.238. The summed E-state index contributed by atoms with van der Waals surface area (Å²) in [5, 5.41) is 18.4. The fraction of sp³-hybridized carbons (Fsp3) is 0.158. The zero-order valence-electron chi connectivity index (χ0n) is 14.9. The topological polar surface area (TPSA) is 93.0 Å². The zero-order chi connectivity index (χ0) is 19.4. The van der Waals surface area contributed by atoms with Crippen LogP contribution in [0.5, 0.6) is 0 Å². The predicted molar refractivity (Wildman–Crippen MR) is 107 cm³/mol. The van der Waals surface area contributed by atoms with Gasteiger partial charge in [-0.05, 0) is 48.7 Å². The molecule has 0 aliphatic rings. The summed E-state index contributed by atoms with van der Waals surface area (Å²) >= 11 is 5.97. The minimum Gasteiger partial charge on any atom is -0.334 e. The number of anilines is 4. The highest BCUT2D eigenvalue weighted by Crippen LogP contribution is 2.34. The molecule has 0 fully saturated rings. The second kappa shape index (κ2) is 8.01. The van der Waals surface area contributed by atoms with Crippen molar-refractivity contribution in [3.63, 3.8) is 0 Å². The molecule has 2 aromatic carbocycles. The molecule has 0 radical (unpaired) electrons. The molecule has 0 bridgehead atoms. The molecule has 0 amide bonds. The Kier molecular flexibility index (Phi) is 5.52. The summed E-state index contributed by atoms with van der Waals surface area (Å²) < 4.78 is 0. The van der Waals surface area contributed by atoms with Crippen LogP contribution in [0.25, 0.3) is 0 Å². The number of hydrogen-bond donors (Lipinski definition) is 2. The third-order valence-corrected chi connectivity index (χ3v) is 4.33. The molecule has 0 saturated heterocycles. The number of para-hydroxylation sites is 1. The molecular weight excluding hydrogens is 366 g/mol. The van der Waals surface area contributed by atoms with Gasteiger partial charge < -0.3 is 10.6 Å². The number of nitrogens with one attached hydrogen (secondary N) is 2. The van der Waals surface area contributed by atoms with Crippen molar-refractivity contribution in [3.8, 4) is 0 Å². The molecule has 0 unspecified atom stereocenters. The van der Waals surface area contributed by atoms with Crippen molar-refractivity contribution in [3.05, 3.63) is 75.1 Å². The molecule has 8 heteroatoms. The van der Waals surface area contributed by atoms with Crippen LogP contribution in [-0.2, 0) is 6.42 Å². The van der Waals surface area contributed by atoms with Crippen molar-refractivity contribution in [1.29, 1.82) is 0 Å². The fourth-order valence-electron chi connectivity index (χ4n) is 2.71. The first-order valence-electron chi connectivity index (χ1n) is 8.37. The van der Waals surface area contributed by atoms with Crippen LogP contribution >= 0.6 is 11.6 Å². The monoisotopic (exact) mass is 383 g/mol. The van der Waals surface area contributed by atoms with Crippen molar-refractivity contribution < 1.29 is 4.92 Å². The number of nitrogens with zero attached hydrogens (tertiary/aromatic N) is 3. The van der Waals surface area contributed by atoms with Gasteiger partial charge in [0.25, 0.3) is 0 Å². The summed E-state index contributed by atoms with van der Waals surface area (Å²) in [7, 11) is 0. The minimum absolute atomic E-state index is 0.108. The fourth-order valence-corrected chi connectivity index (χ4v) is 2.93. The maximum atomic E-state index is 11.7. The Morgan fingerprint density at radius 2 is 1.74 bits per heavy atom. The maximum Gasteiger partial charge on any atom is 0.353 e. The van der Waals surface area contributed by atoms with Gasteiger partial charge >= 0.3 is 5.69 Å². The van der Waals surface area contributed by atoms with E-state index in [0.29, 0.717) is 10.7 Å². The Balaban J connectivity index is 2.01. The van der Waals surface area contributed by atoms with Gasteiger partial charge in [0.05, 0.1) is 4.92 Å². The van der Waals surface area contributed by atoms with Crippen LogP contribution in [0.3, 0.4) is 0 Å². The number of hydrogen-bond acceptors (Lipinski definition) is 6. The van der Waals surface area contributed by atoms with E-state index in [4.69, 9.17) is 11.6 Å². The van der Waals surface area contributed by atoms with Gasteiger partial charge in [0.15, 0.2) is 0 Å². The molecule has 1 aromatic heterocycles. The standard InChI is InChI=1S/C19H18ClN5O2/c1-3-13-6-4-5-7-16(13)24-19-17(25(26)27)18(21-11-22-19)23-15-9-8-14(20)10-12(15)2/h4-11H,3H2,1-2H3,(H2,21,22,23,24). The Morgan fingerprint density at radius 1 is 1.07 bits per heavy atom. The average molecular weight is 384 g/mol. The summed E-state index contributed by atoms with van der Waals surface area (Å²) in [5.41, 5.74) is 3.11. The summed E-state index contributed by atoms with van der Waals surface area (Å²) in [6.45, 7) is 3.88. The number of halogens is 1. The van der Waals surface area contributed by atoms with Crippen molar-refractivity contribution in [2.24, 2.45) is 0 Å². The Hall–Kier alpha value is -3.19. The van der Waals surface area contributed by atoms with E-state index < -0.39 is 4.92 Å². The molecule has 0 saturated carbocycles. The van der Waals surface area contributed by atoms with Crippen molar-refractivity contribution >= 4 is 40.3 Å². The van der Waals surface area contributed by atoms with Gasteiger partial charge in [-0.15, -0.1) is 0 Å². The highest BCUT2D eigenvalue weighted by Gasteiger charge is 2.24. The lowest BCUT2D eigenvalue weighted by molar-refractivity contribution is -0.383. The van der Waals surface area contributed by atoms with Gasteiger partial charge in [0, 0.05) is 16.4 Å². The molecule has 0 atom stereocenters. The lowest BCUT2D eigenvalue weighted by Gasteiger charge is -2.13. The summed E-state index contributed by atoms with van der Waals surface area (Å²) in [4.78, 5) is 19.4. The summed E-state index contributed by atoms with van der Waals surface area (Å²) in [6, 6.07) is 12.9. The number of nitro groups is 1. The normalized spacial score (nSPS) is 10.5. The molecule has 7 nitrogen and oxygen atoms in total. The predicted octanol–water partition coefficient (Wildman–Crippen LogP) is 5.40. The molecule has 0 aliphatic carbocycles. The molecule has 3 aromatic rings. The van der Waals surface area contributed by atoms with Crippen LogP contribution in [0.15, 0.2) is 48.8 Å². The summed E-state index contributed by atoms with van der Waals surface area (Å²) in [6.07, 6.45) is 2.08. The minimum atomic E-state index is -0.496. The van der Waals surface area contributed by atoms with Crippen molar-refractivity contribution in [2.75, 3.05) is 10.6 Å². The van der Waals surface area contributed by atoms with E-state index in [1.54, 1.807) is 18.2 Å². The van der Waals surface area contributed by atoms with E-state index in [1.165, 1.54) is 6.33 Å². The third-order valence-electron chi connectivity index (χ3n) is 4.10. The van der Waals surface area contributed by atoms with E-state index in [0.717, 1.165) is 23.2 Å². The lowest BCUT2D eigenvalue weighted by Crippen LogP contribution is -2.06. The van der Waals surface area contributed by atoms with Crippen LogP contribution in [0.1, 0.15) is 18.1 Å². The van der Waals surface area contributed by atoms with Gasteiger partial charge in [0.1, 0.15) is 6.33 Å². The van der Waals surface area contributed by atoms with Gasteiger partial charge in [-0.3, -0.25) is 10.1 Å². The van der Waals surface area contributed by atoms with Gasteiger partial charge in [-0.1, -0.05) is 36.7 Å². The van der Waals surface area contributed by atoms with Gasteiger partial charge in [-0.25, -0.2) is 9.97 Å². The Bertz CT molecular complexity index is 994. The van der Waals surface area contributed by atoms with E-state index in [9.17, 15) is 10.1 Å². The second-order valence-corrected chi connectivity index (χ2v) is 6.33. The number of benzene rings is 2. The molecule has 0 aliphatic heterocycles. The van der Waals surface area contributed by atoms with Crippen LogP contribution in [-0.4, -0.2) is 14.9 Å². The van der Waals surface area contributed by atoms with Gasteiger partial charge in [0.2, 0.25) is 11.6 Å². The first-order chi connectivity index (χ1) is 13.0. The molecule has 138 valence electrons. The van der Waals surface area contributed by atoms with Gasteiger partial charge in [-0.2, -0.15) is 0 Å². The molecular formula is C19H18ClN5O2. The smallest absolute Gasteiger partial charge is 0.334 e. The van der Waals surface area contributed by atoms with E-state index >= 15 is 0 Å². The first kappa shape index (κ1) is 18.6. The maximum absolute atomic E-state index is 11.7. The van der Waals surface area contributed by atoms with Crippen LogP contribution < -0.4 is 10.6 Å². The van der Waals surface area contributed by atoms with Crippen molar-refractivity contribution in [1.82, 2.24) is 9.97 Å². The number of aryl methyl sites for hydroxylation is 2. The lowest BCUT2D eigenvalue weighted by atomic mass is 10.1. The van der Waals surface area contributed by atoms with Crippen LogP contribution in [0.2, 0.25) is 5.02 Å². The van der Waals surface area contributed by atoms with Crippen LogP contribution in [0, 0.1) is 17.0 Å². The SMILES string of the molecule is CCc1ccccc1Nc1ncnc(Nc2ccc(Cl)cc2C)c1[N+](=O)[O-]. The van der Waals surface area contributed by atoms with E-state index in [1.807, 2.05) is 38.1 Å².